The van der Waals surface area contributed by atoms with Crippen LogP contribution in [0, 0.1) is 5.92 Å². The summed E-state index contributed by atoms with van der Waals surface area (Å²) in [5.74, 6) is 0.309. The van der Waals surface area contributed by atoms with Crippen molar-refractivity contribution in [1.82, 2.24) is 10.2 Å². The first kappa shape index (κ1) is 18.8. The lowest BCUT2D eigenvalue weighted by atomic mass is 9.92. The lowest BCUT2D eigenvalue weighted by Gasteiger charge is -2.32. The van der Waals surface area contributed by atoms with Crippen LogP contribution in [0.3, 0.4) is 0 Å². The van der Waals surface area contributed by atoms with E-state index in [1.165, 1.54) is 11.3 Å². The maximum absolute atomic E-state index is 13.4. The molecule has 28 heavy (non-hydrogen) atoms. The number of benzene rings is 2. The van der Waals surface area contributed by atoms with E-state index in [0.717, 1.165) is 25.1 Å². The molecule has 2 amide bonds. The molecule has 0 aliphatic carbocycles. The number of nitrogens with zero attached hydrogens (tertiary/aromatic N) is 2. The van der Waals surface area contributed by atoms with Crippen LogP contribution in [0.25, 0.3) is 0 Å². The molecule has 3 atom stereocenters. The minimum atomic E-state index is -0.0281. The topological polar surface area (TPSA) is 44.8 Å². The highest BCUT2D eigenvalue weighted by Crippen LogP contribution is 2.30. The van der Waals surface area contributed by atoms with Gasteiger partial charge in [0.15, 0.2) is 0 Å². The number of carbonyl (C=O) groups is 1. The second-order valence-electron chi connectivity index (χ2n) is 7.95. The Labute approximate surface area is 167 Å². The van der Waals surface area contributed by atoms with Crippen LogP contribution in [0.5, 0.6) is 0 Å². The molecule has 0 radical (unpaired) electrons. The number of anilines is 1. The molecule has 2 unspecified atom stereocenters. The van der Waals surface area contributed by atoms with Crippen molar-refractivity contribution in [2.75, 3.05) is 31.7 Å². The molecule has 2 aliphatic heterocycles. The van der Waals surface area contributed by atoms with Gasteiger partial charge in [-0.25, -0.2) is 4.79 Å². The van der Waals surface area contributed by atoms with Crippen molar-refractivity contribution in [1.29, 1.82) is 0 Å². The molecule has 0 bridgehead atoms. The summed E-state index contributed by atoms with van der Waals surface area (Å²) in [6.45, 7) is 5.02. The van der Waals surface area contributed by atoms with E-state index in [9.17, 15) is 4.79 Å². The van der Waals surface area contributed by atoms with Gasteiger partial charge < -0.3 is 19.9 Å². The van der Waals surface area contributed by atoms with Crippen molar-refractivity contribution in [2.45, 2.75) is 32.0 Å². The predicted octanol–water partition coefficient (Wildman–Crippen LogP) is 3.81. The minimum absolute atomic E-state index is 0.00152. The molecule has 2 aromatic carbocycles. The van der Waals surface area contributed by atoms with Gasteiger partial charge in [-0.15, -0.1) is 0 Å². The Hall–Kier alpha value is -2.53. The predicted molar refractivity (Wildman–Crippen MR) is 111 cm³/mol. The molecule has 0 saturated carbocycles. The summed E-state index contributed by atoms with van der Waals surface area (Å²) in [5, 5.41) is 3.34. The van der Waals surface area contributed by atoms with E-state index in [1.807, 2.05) is 29.2 Å². The van der Waals surface area contributed by atoms with E-state index in [4.69, 9.17) is 4.74 Å². The number of rotatable bonds is 3. The average molecular weight is 380 g/mol. The molecule has 2 heterocycles. The molecule has 0 spiro atoms. The second-order valence-corrected chi connectivity index (χ2v) is 7.95. The lowest BCUT2D eigenvalue weighted by Crippen LogP contribution is -2.48. The number of para-hydroxylation sites is 1. The summed E-state index contributed by atoms with van der Waals surface area (Å²) >= 11 is 0. The largest absolute Gasteiger partial charge is 0.381 e. The molecule has 5 heteroatoms. The third kappa shape index (κ3) is 3.85. The zero-order chi connectivity index (χ0) is 19.5. The molecule has 0 aromatic heterocycles. The highest BCUT2D eigenvalue weighted by atomic mass is 16.5. The maximum Gasteiger partial charge on any atom is 0.318 e. The van der Waals surface area contributed by atoms with E-state index in [-0.39, 0.29) is 18.1 Å². The number of likely N-dealkylation sites (N-methyl/N-ethyl adjacent to an activating group) is 1. The third-order valence-corrected chi connectivity index (χ3v) is 5.95. The van der Waals surface area contributed by atoms with Crippen LogP contribution >= 0.6 is 0 Å². The fraction of sp³-hybridized carbons (Fsp3) is 0.435. The fourth-order valence-corrected chi connectivity index (χ4v) is 4.39. The van der Waals surface area contributed by atoms with Gasteiger partial charge in [0.05, 0.1) is 12.6 Å². The van der Waals surface area contributed by atoms with Gasteiger partial charge in [0, 0.05) is 44.4 Å². The van der Waals surface area contributed by atoms with E-state index in [2.05, 4.69) is 54.5 Å². The molecule has 2 aliphatic rings. The quantitative estimate of drug-likeness (QED) is 0.882. The zero-order valence-electron chi connectivity index (χ0n) is 16.7. The van der Waals surface area contributed by atoms with Gasteiger partial charge in [-0.1, -0.05) is 48.5 Å². The van der Waals surface area contributed by atoms with Crippen LogP contribution in [0.4, 0.5) is 10.5 Å². The number of carbonyl (C=O) groups excluding carboxylic acids is 1. The SMILES string of the molecule is C[C@H]1CN(C)c2ccccc2CN1C(=O)NC(c1ccccc1)C1CCOC1. The smallest absolute Gasteiger partial charge is 0.318 e. The molecule has 1 saturated heterocycles. The summed E-state index contributed by atoms with van der Waals surface area (Å²) < 4.78 is 5.62. The van der Waals surface area contributed by atoms with E-state index < -0.39 is 0 Å². The number of fused-ring (bicyclic) bond motifs is 1. The number of amides is 2. The van der Waals surface area contributed by atoms with Gasteiger partial charge in [0.2, 0.25) is 0 Å². The number of urea groups is 1. The zero-order valence-corrected chi connectivity index (χ0v) is 16.7. The van der Waals surface area contributed by atoms with E-state index >= 15 is 0 Å². The van der Waals surface area contributed by atoms with Crippen LogP contribution in [0.15, 0.2) is 54.6 Å². The van der Waals surface area contributed by atoms with Gasteiger partial charge >= 0.3 is 6.03 Å². The first-order valence-electron chi connectivity index (χ1n) is 10.1. The summed E-state index contributed by atoms with van der Waals surface area (Å²) in [7, 11) is 2.10. The lowest BCUT2D eigenvalue weighted by molar-refractivity contribution is 0.160. The van der Waals surface area contributed by atoms with Crippen molar-refractivity contribution < 1.29 is 9.53 Å². The van der Waals surface area contributed by atoms with Gasteiger partial charge in [0.25, 0.3) is 0 Å². The number of nitrogens with one attached hydrogen (secondary N) is 1. The molecular weight excluding hydrogens is 350 g/mol. The standard InChI is InChI=1S/C23H29N3O2/c1-17-14-25(2)21-11-7-6-10-19(21)15-26(17)23(27)24-22(20-12-13-28-16-20)18-8-4-3-5-9-18/h3-11,17,20,22H,12-16H2,1-2H3,(H,24,27)/t17-,20?,22?/m0/s1. The Morgan fingerprint density at radius 1 is 1.14 bits per heavy atom. The van der Waals surface area contributed by atoms with Crippen molar-refractivity contribution in [3.05, 3.63) is 65.7 Å². The molecule has 148 valence electrons. The molecule has 5 nitrogen and oxygen atoms in total. The van der Waals surface area contributed by atoms with E-state index in [0.29, 0.717) is 19.1 Å². The van der Waals surface area contributed by atoms with Crippen molar-refractivity contribution in [2.24, 2.45) is 5.92 Å². The van der Waals surface area contributed by atoms with Gasteiger partial charge in [-0.2, -0.15) is 0 Å². The van der Waals surface area contributed by atoms with E-state index in [1.54, 1.807) is 0 Å². The van der Waals surface area contributed by atoms with Crippen LogP contribution in [-0.2, 0) is 11.3 Å². The number of ether oxygens (including phenoxy) is 1. The van der Waals surface area contributed by atoms with Crippen molar-refractivity contribution in [3.8, 4) is 0 Å². The normalized spacial score (nSPS) is 23.1. The summed E-state index contributed by atoms with van der Waals surface area (Å²) in [4.78, 5) is 17.6. The molecule has 1 N–H and O–H groups in total. The first-order valence-corrected chi connectivity index (χ1v) is 10.1. The van der Waals surface area contributed by atoms with Crippen molar-refractivity contribution in [3.63, 3.8) is 0 Å². The fourth-order valence-electron chi connectivity index (χ4n) is 4.39. The molecular formula is C23H29N3O2. The van der Waals surface area contributed by atoms with Gasteiger partial charge in [-0.3, -0.25) is 0 Å². The summed E-state index contributed by atoms with van der Waals surface area (Å²) in [6, 6.07) is 18.7. The monoisotopic (exact) mass is 379 g/mol. The van der Waals surface area contributed by atoms with Crippen LogP contribution in [-0.4, -0.2) is 43.8 Å². The van der Waals surface area contributed by atoms with Crippen LogP contribution in [0.1, 0.15) is 30.5 Å². The maximum atomic E-state index is 13.4. The van der Waals surface area contributed by atoms with Gasteiger partial charge in [-0.05, 0) is 30.5 Å². The van der Waals surface area contributed by atoms with Crippen molar-refractivity contribution >= 4 is 11.7 Å². The highest BCUT2D eigenvalue weighted by Gasteiger charge is 2.32. The molecule has 4 rings (SSSR count). The number of hydrogen-bond acceptors (Lipinski definition) is 3. The third-order valence-electron chi connectivity index (χ3n) is 5.95. The Balaban J connectivity index is 1.57. The Morgan fingerprint density at radius 2 is 1.89 bits per heavy atom. The molecule has 2 aromatic rings. The summed E-state index contributed by atoms with van der Waals surface area (Å²) in [5.41, 5.74) is 3.53. The Bertz CT molecular complexity index is 805. The number of hydrogen-bond donors (Lipinski definition) is 1. The average Bonchev–Trinajstić information content (AvgIpc) is 3.21. The van der Waals surface area contributed by atoms with Gasteiger partial charge in [0.1, 0.15) is 0 Å². The first-order chi connectivity index (χ1) is 13.6. The Morgan fingerprint density at radius 3 is 2.64 bits per heavy atom. The molecule has 1 fully saturated rings. The van der Waals surface area contributed by atoms with Crippen LogP contribution in [0.2, 0.25) is 0 Å². The minimum Gasteiger partial charge on any atom is -0.381 e. The van der Waals surface area contributed by atoms with Crippen LogP contribution < -0.4 is 10.2 Å². The second kappa shape index (κ2) is 8.23. The highest BCUT2D eigenvalue weighted by molar-refractivity contribution is 5.76. The summed E-state index contributed by atoms with van der Waals surface area (Å²) in [6.07, 6.45) is 0.973. The Kier molecular flexibility index (Phi) is 5.53.